The van der Waals surface area contributed by atoms with Crippen LogP contribution in [-0.2, 0) is 4.79 Å². The second-order valence-corrected chi connectivity index (χ2v) is 5.56. The van der Waals surface area contributed by atoms with Crippen LogP contribution in [0, 0.1) is 5.82 Å². The minimum atomic E-state index is -0.190. The number of amides is 1. The van der Waals surface area contributed by atoms with E-state index in [0.717, 1.165) is 26.2 Å². The average molecular weight is 293 g/mol. The third-order valence-corrected chi connectivity index (χ3v) is 4.16. The summed E-state index contributed by atoms with van der Waals surface area (Å²) in [4.78, 5) is 16.1. The summed E-state index contributed by atoms with van der Waals surface area (Å²) >= 11 is 0. The zero-order chi connectivity index (χ0) is 15.2. The molecule has 1 amide bonds. The molecule has 4 nitrogen and oxygen atoms in total. The fourth-order valence-electron chi connectivity index (χ4n) is 2.59. The molecule has 0 spiro atoms. The van der Waals surface area contributed by atoms with E-state index >= 15 is 0 Å². The fraction of sp³-hybridized carbons (Fsp3) is 0.562. The zero-order valence-corrected chi connectivity index (χ0v) is 12.8. The number of piperazine rings is 1. The Bertz CT molecular complexity index is 474. The van der Waals surface area contributed by atoms with Gasteiger partial charge in [0.1, 0.15) is 5.82 Å². The van der Waals surface area contributed by atoms with Crippen molar-refractivity contribution < 1.29 is 9.18 Å². The fourth-order valence-corrected chi connectivity index (χ4v) is 2.59. The maximum Gasteiger partial charge on any atom is 0.223 e. The van der Waals surface area contributed by atoms with E-state index in [4.69, 9.17) is 0 Å². The van der Waals surface area contributed by atoms with E-state index < -0.39 is 0 Å². The maximum absolute atomic E-state index is 13.8. The molecule has 21 heavy (non-hydrogen) atoms. The van der Waals surface area contributed by atoms with E-state index in [-0.39, 0.29) is 17.8 Å². The van der Waals surface area contributed by atoms with Gasteiger partial charge in [-0.15, -0.1) is 0 Å². The van der Waals surface area contributed by atoms with Crippen LogP contribution in [0.5, 0.6) is 0 Å². The molecule has 5 heteroatoms. The summed E-state index contributed by atoms with van der Waals surface area (Å²) in [6.45, 7) is 5.91. The summed E-state index contributed by atoms with van der Waals surface area (Å²) in [6.07, 6.45) is 0.481. The van der Waals surface area contributed by atoms with Crippen molar-refractivity contribution in [1.82, 2.24) is 15.1 Å². The Morgan fingerprint density at radius 2 is 2.05 bits per heavy atom. The number of halogens is 1. The lowest BCUT2D eigenvalue weighted by molar-refractivity contribution is -0.132. The first kappa shape index (κ1) is 15.9. The Kier molecular flexibility index (Phi) is 5.70. The van der Waals surface area contributed by atoms with Gasteiger partial charge in [0.25, 0.3) is 0 Å². The molecule has 116 valence electrons. The van der Waals surface area contributed by atoms with Crippen LogP contribution in [0.1, 0.15) is 24.9 Å². The van der Waals surface area contributed by atoms with Crippen molar-refractivity contribution >= 4 is 5.91 Å². The molecule has 2 rings (SSSR count). The molecule has 0 radical (unpaired) electrons. The quantitative estimate of drug-likeness (QED) is 0.896. The van der Waals surface area contributed by atoms with Gasteiger partial charge in [-0.2, -0.15) is 0 Å². The Balaban J connectivity index is 1.85. The van der Waals surface area contributed by atoms with Gasteiger partial charge in [0.15, 0.2) is 0 Å². The Hall–Kier alpha value is -1.46. The molecule has 1 fully saturated rings. The summed E-state index contributed by atoms with van der Waals surface area (Å²) < 4.78 is 13.8. The first-order chi connectivity index (χ1) is 10.1. The van der Waals surface area contributed by atoms with Crippen LogP contribution in [0.15, 0.2) is 24.3 Å². The van der Waals surface area contributed by atoms with E-state index in [1.54, 1.807) is 12.1 Å². The minimum absolute atomic E-state index is 0.0398. The van der Waals surface area contributed by atoms with Crippen molar-refractivity contribution in [3.8, 4) is 0 Å². The van der Waals surface area contributed by atoms with E-state index in [0.29, 0.717) is 18.5 Å². The van der Waals surface area contributed by atoms with Crippen molar-refractivity contribution in [1.29, 1.82) is 0 Å². The van der Waals surface area contributed by atoms with Crippen LogP contribution in [-0.4, -0.2) is 55.5 Å². The van der Waals surface area contributed by atoms with E-state index in [9.17, 15) is 9.18 Å². The normalized spacial score (nSPS) is 17.0. The van der Waals surface area contributed by atoms with Gasteiger partial charge in [-0.25, -0.2) is 4.39 Å². The lowest BCUT2D eigenvalue weighted by Gasteiger charge is -2.29. The van der Waals surface area contributed by atoms with E-state index in [2.05, 4.69) is 5.32 Å². The largest absolute Gasteiger partial charge is 0.340 e. The number of nitrogens with zero attached hydrogens (tertiary/aromatic N) is 2. The lowest BCUT2D eigenvalue weighted by atomic mass is 10.1. The highest BCUT2D eigenvalue weighted by molar-refractivity contribution is 5.76. The first-order valence-corrected chi connectivity index (χ1v) is 7.52. The molecule has 0 bridgehead atoms. The third kappa shape index (κ3) is 4.25. The number of rotatable bonds is 5. The predicted octanol–water partition coefficient (Wildman–Crippen LogP) is 1.64. The van der Waals surface area contributed by atoms with Crippen molar-refractivity contribution in [3.63, 3.8) is 0 Å². The Morgan fingerprint density at radius 3 is 2.71 bits per heavy atom. The lowest BCUT2D eigenvalue weighted by Crippen LogP contribution is -2.47. The van der Waals surface area contributed by atoms with Gasteiger partial charge < -0.3 is 10.2 Å². The van der Waals surface area contributed by atoms with Crippen molar-refractivity contribution in [3.05, 3.63) is 35.6 Å². The maximum atomic E-state index is 13.8. The average Bonchev–Trinajstić information content (AvgIpc) is 2.53. The van der Waals surface area contributed by atoms with Crippen LogP contribution in [0.4, 0.5) is 4.39 Å². The summed E-state index contributed by atoms with van der Waals surface area (Å²) in [6, 6.07) is 6.77. The van der Waals surface area contributed by atoms with Crippen molar-refractivity contribution in [2.45, 2.75) is 19.4 Å². The number of hydrogen-bond donors (Lipinski definition) is 1. The Labute approximate surface area is 125 Å². The SMILES string of the molecule is CC(c1ccccc1F)N(C)CCC(=O)N1CCNCC1. The van der Waals surface area contributed by atoms with E-state index in [1.165, 1.54) is 6.07 Å². The van der Waals surface area contributed by atoms with Crippen LogP contribution in [0.2, 0.25) is 0 Å². The van der Waals surface area contributed by atoms with Crippen LogP contribution in [0.3, 0.4) is 0 Å². The molecular formula is C16H24FN3O. The molecular weight excluding hydrogens is 269 g/mol. The number of nitrogens with one attached hydrogen (secondary N) is 1. The van der Waals surface area contributed by atoms with Gasteiger partial charge in [-0.3, -0.25) is 9.69 Å². The van der Waals surface area contributed by atoms with Gasteiger partial charge in [0.2, 0.25) is 5.91 Å². The summed E-state index contributed by atoms with van der Waals surface area (Å²) in [5.74, 6) is -0.00522. The number of carbonyl (C=O) groups excluding carboxylic acids is 1. The monoisotopic (exact) mass is 293 g/mol. The highest BCUT2D eigenvalue weighted by atomic mass is 19.1. The second-order valence-electron chi connectivity index (χ2n) is 5.56. The van der Waals surface area contributed by atoms with E-state index in [1.807, 2.05) is 29.8 Å². The van der Waals surface area contributed by atoms with Crippen LogP contribution < -0.4 is 5.32 Å². The molecule has 1 saturated heterocycles. The second kappa shape index (κ2) is 7.52. The molecule has 1 aliphatic rings. The molecule has 1 heterocycles. The smallest absolute Gasteiger partial charge is 0.223 e. The summed E-state index contributed by atoms with van der Waals surface area (Å²) in [5, 5.41) is 3.23. The highest BCUT2D eigenvalue weighted by Gasteiger charge is 2.19. The molecule has 1 N–H and O–H groups in total. The number of benzene rings is 1. The minimum Gasteiger partial charge on any atom is -0.340 e. The van der Waals surface area contributed by atoms with Crippen LogP contribution in [0.25, 0.3) is 0 Å². The summed E-state index contributed by atoms with van der Waals surface area (Å²) in [7, 11) is 1.93. The predicted molar refractivity (Wildman–Crippen MR) is 81.5 cm³/mol. The topological polar surface area (TPSA) is 35.6 Å². The Morgan fingerprint density at radius 1 is 1.38 bits per heavy atom. The molecule has 1 aliphatic heterocycles. The molecule has 1 aromatic rings. The van der Waals surface area contributed by atoms with Crippen molar-refractivity contribution in [2.75, 3.05) is 39.8 Å². The van der Waals surface area contributed by atoms with Gasteiger partial charge in [-0.1, -0.05) is 18.2 Å². The molecule has 0 saturated carbocycles. The molecule has 1 unspecified atom stereocenters. The zero-order valence-electron chi connectivity index (χ0n) is 12.8. The third-order valence-electron chi connectivity index (χ3n) is 4.16. The first-order valence-electron chi connectivity index (χ1n) is 7.52. The van der Waals surface area contributed by atoms with Crippen LogP contribution >= 0.6 is 0 Å². The van der Waals surface area contributed by atoms with Gasteiger partial charge in [0, 0.05) is 50.7 Å². The highest BCUT2D eigenvalue weighted by Crippen LogP contribution is 2.21. The van der Waals surface area contributed by atoms with Gasteiger partial charge in [-0.05, 0) is 20.0 Å². The van der Waals surface area contributed by atoms with Gasteiger partial charge >= 0.3 is 0 Å². The number of hydrogen-bond acceptors (Lipinski definition) is 3. The standard InChI is InChI=1S/C16H24FN3O/c1-13(14-5-3-4-6-15(14)17)19(2)10-7-16(21)20-11-8-18-9-12-20/h3-6,13,18H,7-12H2,1-2H3. The molecule has 1 atom stereocenters. The molecule has 1 aromatic carbocycles. The summed E-state index contributed by atoms with van der Waals surface area (Å²) in [5.41, 5.74) is 0.676. The molecule has 0 aromatic heterocycles. The molecule has 0 aliphatic carbocycles. The number of carbonyl (C=O) groups is 1. The van der Waals surface area contributed by atoms with Crippen molar-refractivity contribution in [2.24, 2.45) is 0 Å². The van der Waals surface area contributed by atoms with Gasteiger partial charge in [0.05, 0.1) is 0 Å².